The largest absolute Gasteiger partial charge is 0.451 e. The summed E-state index contributed by atoms with van der Waals surface area (Å²) in [7, 11) is 0. The third-order valence-corrected chi connectivity index (χ3v) is 5.15. The highest BCUT2D eigenvalue weighted by molar-refractivity contribution is 7.98. The minimum atomic E-state index is -4.65. The highest BCUT2D eigenvalue weighted by Crippen LogP contribution is 2.33. The van der Waals surface area contributed by atoms with Gasteiger partial charge in [0.1, 0.15) is 10.9 Å². The molecule has 31 heavy (non-hydrogen) atoms. The van der Waals surface area contributed by atoms with Gasteiger partial charge in [-0.2, -0.15) is 28.1 Å². The van der Waals surface area contributed by atoms with Crippen LogP contribution in [0.3, 0.4) is 0 Å². The summed E-state index contributed by atoms with van der Waals surface area (Å²) in [6.45, 7) is 1.97. The number of nitrogen functional groups attached to an aromatic ring is 1. The molecular formula is C20H16F3N7S. The van der Waals surface area contributed by atoms with E-state index in [1.54, 1.807) is 18.2 Å². The molecule has 2 aromatic heterocycles. The number of benzene rings is 2. The molecule has 0 bridgehead atoms. The van der Waals surface area contributed by atoms with Crippen LogP contribution < -0.4 is 11.1 Å². The zero-order valence-electron chi connectivity index (χ0n) is 16.2. The van der Waals surface area contributed by atoms with Gasteiger partial charge in [-0.05, 0) is 25.1 Å². The molecule has 2 aromatic carbocycles. The predicted molar refractivity (Wildman–Crippen MR) is 113 cm³/mol. The molecule has 0 saturated carbocycles. The van der Waals surface area contributed by atoms with E-state index in [0.717, 1.165) is 23.0 Å². The number of anilines is 3. The number of halogens is 3. The maximum atomic E-state index is 13.2. The quantitative estimate of drug-likeness (QED) is 0.336. The molecule has 0 spiro atoms. The van der Waals surface area contributed by atoms with Crippen LogP contribution >= 0.6 is 11.8 Å². The fourth-order valence-electron chi connectivity index (χ4n) is 2.74. The van der Waals surface area contributed by atoms with Crippen molar-refractivity contribution in [3.8, 4) is 0 Å². The lowest BCUT2D eigenvalue weighted by atomic mass is 10.2. The Morgan fingerprint density at radius 2 is 1.68 bits per heavy atom. The van der Waals surface area contributed by atoms with Gasteiger partial charge in [0.15, 0.2) is 0 Å². The molecule has 0 atom stereocenters. The zero-order chi connectivity index (χ0) is 22.0. The van der Waals surface area contributed by atoms with Gasteiger partial charge in [-0.3, -0.25) is 0 Å². The van der Waals surface area contributed by atoms with Gasteiger partial charge in [0, 0.05) is 11.1 Å². The predicted octanol–water partition coefficient (Wildman–Crippen LogP) is 4.76. The molecule has 0 unspecified atom stereocenters. The van der Waals surface area contributed by atoms with E-state index in [-0.39, 0.29) is 28.2 Å². The number of alkyl halides is 3. The first-order valence-corrected chi connectivity index (χ1v) is 10.1. The average Bonchev–Trinajstić information content (AvgIpc) is 2.72. The summed E-state index contributed by atoms with van der Waals surface area (Å²) in [5, 5.41) is 3.74. The van der Waals surface area contributed by atoms with E-state index >= 15 is 0 Å². The maximum absolute atomic E-state index is 13.2. The zero-order valence-corrected chi connectivity index (χ0v) is 17.0. The summed E-state index contributed by atoms with van der Waals surface area (Å²) in [5.74, 6) is -0.485. The van der Waals surface area contributed by atoms with Crippen molar-refractivity contribution in [3.63, 3.8) is 0 Å². The molecular weight excluding hydrogens is 427 g/mol. The summed E-state index contributed by atoms with van der Waals surface area (Å²) in [6, 6.07) is 14.1. The summed E-state index contributed by atoms with van der Waals surface area (Å²) in [5.41, 5.74) is 7.88. The molecule has 0 aliphatic carbocycles. The van der Waals surface area contributed by atoms with Crippen LogP contribution in [0.15, 0.2) is 53.6 Å². The summed E-state index contributed by atoms with van der Waals surface area (Å²) >= 11 is 1.07. The first-order chi connectivity index (χ1) is 14.8. The van der Waals surface area contributed by atoms with Gasteiger partial charge in [0.25, 0.3) is 0 Å². The number of fused-ring (bicyclic) bond motifs is 1. The lowest BCUT2D eigenvalue weighted by Crippen LogP contribution is -2.12. The van der Waals surface area contributed by atoms with Crippen molar-refractivity contribution in [3.05, 3.63) is 65.7 Å². The highest BCUT2D eigenvalue weighted by Gasteiger charge is 2.35. The average molecular weight is 443 g/mol. The topological polar surface area (TPSA) is 102 Å². The normalized spacial score (nSPS) is 11.6. The summed E-state index contributed by atoms with van der Waals surface area (Å²) in [6.07, 6.45) is -4.65. The molecule has 4 rings (SSSR count). The van der Waals surface area contributed by atoms with E-state index in [4.69, 9.17) is 5.73 Å². The van der Waals surface area contributed by atoms with Crippen LogP contribution in [0.1, 0.15) is 17.2 Å². The Morgan fingerprint density at radius 1 is 0.935 bits per heavy atom. The maximum Gasteiger partial charge on any atom is 0.451 e. The first kappa shape index (κ1) is 20.8. The number of rotatable bonds is 5. The Bertz CT molecular complexity index is 1230. The van der Waals surface area contributed by atoms with Crippen molar-refractivity contribution < 1.29 is 13.2 Å². The van der Waals surface area contributed by atoms with Crippen molar-refractivity contribution in [1.29, 1.82) is 0 Å². The number of para-hydroxylation sites is 1. The van der Waals surface area contributed by atoms with Crippen LogP contribution in [0.25, 0.3) is 10.9 Å². The molecule has 4 aromatic rings. The van der Waals surface area contributed by atoms with Crippen LogP contribution in [0.4, 0.5) is 30.8 Å². The van der Waals surface area contributed by atoms with Gasteiger partial charge >= 0.3 is 6.18 Å². The summed E-state index contributed by atoms with van der Waals surface area (Å²) in [4.78, 5) is 19.8. The SMILES string of the molecule is Cc1ccc(Nc2nc(N)nc(CSc3nc(C(F)(F)F)nc4ccccc34)n2)cc1. The fourth-order valence-corrected chi connectivity index (χ4v) is 3.62. The number of nitrogens with two attached hydrogens (primary N) is 1. The van der Waals surface area contributed by atoms with Gasteiger partial charge in [-0.1, -0.05) is 47.7 Å². The molecule has 0 saturated heterocycles. The van der Waals surface area contributed by atoms with Crippen molar-refractivity contribution in [1.82, 2.24) is 24.9 Å². The molecule has 11 heteroatoms. The molecule has 0 aliphatic heterocycles. The number of aromatic nitrogens is 5. The van der Waals surface area contributed by atoms with E-state index in [9.17, 15) is 13.2 Å². The third-order valence-electron chi connectivity index (χ3n) is 4.17. The number of aryl methyl sites for hydroxylation is 1. The standard InChI is InChI=1S/C20H16F3N7S/c1-11-6-8-12(9-7-11)25-19-28-15(27-18(24)30-19)10-31-16-13-4-2-3-5-14(13)26-17(29-16)20(21,22)23/h2-9H,10H2,1H3,(H3,24,25,27,28,30). The van der Waals surface area contributed by atoms with Gasteiger partial charge < -0.3 is 11.1 Å². The number of thioether (sulfide) groups is 1. The molecule has 2 heterocycles. The van der Waals surface area contributed by atoms with E-state index in [0.29, 0.717) is 11.2 Å². The first-order valence-electron chi connectivity index (χ1n) is 9.09. The van der Waals surface area contributed by atoms with Gasteiger partial charge in [-0.15, -0.1) is 0 Å². The van der Waals surface area contributed by atoms with E-state index in [1.165, 1.54) is 6.07 Å². The Kier molecular flexibility index (Phi) is 5.59. The highest BCUT2D eigenvalue weighted by atomic mass is 32.2. The van der Waals surface area contributed by atoms with Gasteiger partial charge in [-0.25, -0.2) is 9.97 Å². The van der Waals surface area contributed by atoms with Crippen molar-refractivity contribution in [2.24, 2.45) is 0 Å². The Hall–Kier alpha value is -3.47. The van der Waals surface area contributed by atoms with Crippen LogP contribution in [-0.2, 0) is 11.9 Å². The second-order valence-electron chi connectivity index (χ2n) is 6.58. The number of nitrogens with one attached hydrogen (secondary N) is 1. The Morgan fingerprint density at radius 3 is 2.42 bits per heavy atom. The molecule has 0 fully saturated rings. The van der Waals surface area contributed by atoms with Gasteiger partial charge in [0.2, 0.25) is 17.7 Å². The van der Waals surface area contributed by atoms with Crippen LogP contribution in [-0.4, -0.2) is 24.9 Å². The molecule has 0 amide bonds. The molecule has 0 aliphatic rings. The van der Waals surface area contributed by atoms with E-state index < -0.39 is 12.0 Å². The Labute approximate surface area is 179 Å². The van der Waals surface area contributed by atoms with Crippen molar-refractivity contribution in [2.75, 3.05) is 11.1 Å². The van der Waals surface area contributed by atoms with E-state index in [1.807, 2.05) is 31.2 Å². The molecule has 3 N–H and O–H groups in total. The van der Waals surface area contributed by atoms with Crippen LogP contribution in [0, 0.1) is 6.92 Å². The minimum absolute atomic E-state index is 0.00346. The van der Waals surface area contributed by atoms with Crippen LogP contribution in [0.5, 0.6) is 0 Å². The number of nitrogens with zero attached hydrogens (tertiary/aromatic N) is 5. The molecule has 7 nitrogen and oxygen atoms in total. The van der Waals surface area contributed by atoms with Crippen molar-refractivity contribution >= 4 is 40.2 Å². The molecule has 158 valence electrons. The summed E-state index contributed by atoms with van der Waals surface area (Å²) < 4.78 is 39.6. The molecule has 0 radical (unpaired) electrons. The lowest BCUT2D eigenvalue weighted by molar-refractivity contribution is -0.145. The second-order valence-corrected chi connectivity index (χ2v) is 7.54. The number of hydrogen-bond acceptors (Lipinski definition) is 8. The third kappa shape index (κ3) is 5.00. The van der Waals surface area contributed by atoms with E-state index in [2.05, 4.69) is 30.2 Å². The van der Waals surface area contributed by atoms with Crippen molar-refractivity contribution in [2.45, 2.75) is 23.9 Å². The van der Waals surface area contributed by atoms with Crippen LogP contribution in [0.2, 0.25) is 0 Å². The Balaban J connectivity index is 1.60. The van der Waals surface area contributed by atoms with Gasteiger partial charge in [0.05, 0.1) is 11.3 Å². The minimum Gasteiger partial charge on any atom is -0.368 e. The smallest absolute Gasteiger partial charge is 0.368 e. The second kappa shape index (κ2) is 8.34. The lowest BCUT2D eigenvalue weighted by Gasteiger charge is -2.10. The monoisotopic (exact) mass is 443 g/mol. The number of hydrogen-bond donors (Lipinski definition) is 2. The fraction of sp³-hybridized carbons (Fsp3) is 0.150.